The van der Waals surface area contributed by atoms with E-state index in [9.17, 15) is 13.2 Å². The maximum absolute atomic E-state index is 12.7. The van der Waals surface area contributed by atoms with Gasteiger partial charge in [0.1, 0.15) is 0 Å². The molecule has 1 aliphatic carbocycles. The van der Waals surface area contributed by atoms with Crippen molar-refractivity contribution in [2.75, 3.05) is 20.1 Å². The molecule has 2 unspecified atom stereocenters. The fourth-order valence-corrected chi connectivity index (χ4v) is 2.73. The Morgan fingerprint density at radius 2 is 1.83 bits per heavy atom. The fraction of sp³-hybridized carbons (Fsp3) is 1.00. The lowest BCUT2D eigenvalue weighted by Gasteiger charge is -2.39. The third kappa shape index (κ3) is 4.43. The molecular formula is C13H25F3N2. The van der Waals surface area contributed by atoms with E-state index in [2.05, 4.69) is 4.90 Å². The maximum Gasteiger partial charge on any atom is 0.391 e. The molecule has 1 fully saturated rings. The zero-order chi connectivity index (χ0) is 14.0. The topological polar surface area (TPSA) is 29.3 Å². The molecule has 0 bridgehead atoms. The Hall–Kier alpha value is -0.290. The fourth-order valence-electron chi connectivity index (χ4n) is 2.73. The minimum Gasteiger partial charge on any atom is -0.330 e. The summed E-state index contributed by atoms with van der Waals surface area (Å²) in [6, 6.07) is 0.0381. The zero-order valence-corrected chi connectivity index (χ0v) is 11.6. The lowest BCUT2D eigenvalue weighted by Crippen LogP contribution is -2.45. The molecule has 108 valence electrons. The molecule has 0 aromatic carbocycles. The average molecular weight is 266 g/mol. The van der Waals surface area contributed by atoms with Gasteiger partial charge in [-0.2, -0.15) is 13.2 Å². The number of nitrogens with zero attached hydrogens (tertiary/aromatic N) is 1. The highest BCUT2D eigenvalue weighted by molar-refractivity contribution is 4.85. The summed E-state index contributed by atoms with van der Waals surface area (Å²) in [6.45, 7) is 5.40. The van der Waals surface area contributed by atoms with Gasteiger partial charge in [0.15, 0.2) is 0 Å². The molecule has 0 radical (unpaired) electrons. The molecule has 0 amide bonds. The quantitative estimate of drug-likeness (QED) is 0.847. The highest BCUT2D eigenvalue weighted by Crippen LogP contribution is 2.39. The van der Waals surface area contributed by atoms with Crippen LogP contribution in [0.2, 0.25) is 0 Å². The maximum atomic E-state index is 12.7. The van der Waals surface area contributed by atoms with E-state index in [0.717, 1.165) is 13.0 Å². The van der Waals surface area contributed by atoms with E-state index in [0.29, 0.717) is 13.0 Å². The van der Waals surface area contributed by atoms with Crippen LogP contribution in [0.5, 0.6) is 0 Å². The summed E-state index contributed by atoms with van der Waals surface area (Å²) in [5.74, 6) is -1.13. The normalized spacial score (nSPS) is 26.7. The van der Waals surface area contributed by atoms with Gasteiger partial charge in [0.2, 0.25) is 0 Å². The van der Waals surface area contributed by atoms with Gasteiger partial charge < -0.3 is 10.6 Å². The van der Waals surface area contributed by atoms with Crippen LogP contribution in [0, 0.1) is 11.3 Å². The van der Waals surface area contributed by atoms with E-state index < -0.39 is 12.1 Å². The van der Waals surface area contributed by atoms with E-state index >= 15 is 0 Å². The molecule has 0 saturated heterocycles. The standard InChI is InChI=1S/C13H25F3N2/c1-12(2,8-17)9-18(3)11-6-4-5-10(7-11)13(14,15)16/h10-11H,4-9,17H2,1-3H3. The van der Waals surface area contributed by atoms with E-state index in [1.807, 2.05) is 20.9 Å². The first-order valence-electron chi connectivity index (χ1n) is 6.63. The summed E-state index contributed by atoms with van der Waals surface area (Å²) >= 11 is 0. The van der Waals surface area contributed by atoms with Crippen molar-refractivity contribution in [2.24, 2.45) is 17.1 Å². The van der Waals surface area contributed by atoms with Crippen molar-refractivity contribution >= 4 is 0 Å². The molecule has 2 N–H and O–H groups in total. The summed E-state index contributed by atoms with van der Waals surface area (Å²) in [5.41, 5.74) is 5.63. The monoisotopic (exact) mass is 266 g/mol. The molecule has 18 heavy (non-hydrogen) atoms. The van der Waals surface area contributed by atoms with Gasteiger partial charge in [-0.3, -0.25) is 0 Å². The van der Waals surface area contributed by atoms with Gasteiger partial charge in [0.25, 0.3) is 0 Å². The van der Waals surface area contributed by atoms with Gasteiger partial charge in [-0.25, -0.2) is 0 Å². The van der Waals surface area contributed by atoms with Crippen molar-refractivity contribution in [3.63, 3.8) is 0 Å². The summed E-state index contributed by atoms with van der Waals surface area (Å²) in [4.78, 5) is 2.06. The Morgan fingerprint density at radius 3 is 2.33 bits per heavy atom. The number of nitrogens with two attached hydrogens (primary N) is 1. The predicted octanol–water partition coefficient (Wildman–Crippen LogP) is 3.02. The SMILES string of the molecule is CN(CC(C)(C)CN)C1CCCC(C(F)(F)F)C1. The molecule has 1 saturated carbocycles. The molecule has 2 nitrogen and oxygen atoms in total. The van der Waals surface area contributed by atoms with Crippen LogP contribution in [0.1, 0.15) is 39.5 Å². The second kappa shape index (κ2) is 5.78. The number of alkyl halides is 3. The molecule has 0 spiro atoms. The van der Waals surface area contributed by atoms with Gasteiger partial charge in [0.05, 0.1) is 5.92 Å². The summed E-state index contributed by atoms with van der Waals surface area (Å²) in [5, 5.41) is 0. The first kappa shape index (κ1) is 15.8. The lowest BCUT2D eigenvalue weighted by molar-refractivity contribution is -0.186. The van der Waals surface area contributed by atoms with Gasteiger partial charge in [-0.05, 0) is 38.3 Å². The largest absolute Gasteiger partial charge is 0.391 e. The summed E-state index contributed by atoms with van der Waals surface area (Å²) in [6.07, 6.45) is -1.98. The van der Waals surface area contributed by atoms with Crippen LogP contribution in [0.3, 0.4) is 0 Å². The Kier molecular flexibility index (Phi) is 5.06. The van der Waals surface area contributed by atoms with Crippen molar-refractivity contribution in [3.8, 4) is 0 Å². The van der Waals surface area contributed by atoms with Crippen molar-refractivity contribution in [2.45, 2.75) is 51.7 Å². The van der Waals surface area contributed by atoms with Crippen LogP contribution >= 0.6 is 0 Å². The van der Waals surface area contributed by atoms with Crippen LogP contribution in [0.15, 0.2) is 0 Å². The van der Waals surface area contributed by atoms with E-state index in [1.165, 1.54) is 0 Å². The highest BCUT2D eigenvalue weighted by Gasteiger charge is 2.43. The number of halogens is 3. The Balaban J connectivity index is 2.56. The first-order valence-corrected chi connectivity index (χ1v) is 6.63. The molecule has 1 rings (SSSR count). The minimum atomic E-state index is -4.04. The van der Waals surface area contributed by atoms with Gasteiger partial charge >= 0.3 is 6.18 Å². The van der Waals surface area contributed by atoms with Gasteiger partial charge in [-0.1, -0.05) is 20.3 Å². The smallest absolute Gasteiger partial charge is 0.330 e. The number of hydrogen-bond acceptors (Lipinski definition) is 2. The molecular weight excluding hydrogens is 241 g/mol. The van der Waals surface area contributed by atoms with Crippen molar-refractivity contribution in [3.05, 3.63) is 0 Å². The van der Waals surface area contributed by atoms with Crippen molar-refractivity contribution in [1.29, 1.82) is 0 Å². The van der Waals surface area contributed by atoms with Crippen molar-refractivity contribution in [1.82, 2.24) is 4.90 Å². The minimum absolute atomic E-state index is 0.0381. The van der Waals surface area contributed by atoms with Crippen LogP contribution in [-0.2, 0) is 0 Å². The van der Waals surface area contributed by atoms with Crippen LogP contribution in [0.4, 0.5) is 13.2 Å². The van der Waals surface area contributed by atoms with E-state index in [1.54, 1.807) is 0 Å². The number of rotatable bonds is 4. The van der Waals surface area contributed by atoms with Crippen LogP contribution in [0.25, 0.3) is 0 Å². The third-order valence-electron chi connectivity index (χ3n) is 3.96. The molecule has 0 heterocycles. The Morgan fingerprint density at radius 1 is 1.22 bits per heavy atom. The molecule has 2 atom stereocenters. The zero-order valence-electron chi connectivity index (χ0n) is 11.6. The Labute approximate surface area is 108 Å². The molecule has 5 heteroatoms. The molecule has 0 aliphatic heterocycles. The molecule has 1 aliphatic rings. The second-order valence-electron chi connectivity index (χ2n) is 6.34. The van der Waals surface area contributed by atoms with Crippen LogP contribution < -0.4 is 5.73 Å². The van der Waals surface area contributed by atoms with E-state index in [4.69, 9.17) is 5.73 Å². The van der Waals surface area contributed by atoms with Gasteiger partial charge in [0, 0.05) is 12.6 Å². The summed E-state index contributed by atoms with van der Waals surface area (Å²) < 4.78 is 38.2. The summed E-state index contributed by atoms with van der Waals surface area (Å²) in [7, 11) is 1.92. The molecule has 0 aromatic rings. The number of hydrogen-bond donors (Lipinski definition) is 1. The Bertz CT molecular complexity index is 263. The second-order valence-corrected chi connectivity index (χ2v) is 6.34. The predicted molar refractivity (Wildman–Crippen MR) is 67.3 cm³/mol. The highest BCUT2D eigenvalue weighted by atomic mass is 19.4. The van der Waals surface area contributed by atoms with Gasteiger partial charge in [-0.15, -0.1) is 0 Å². The molecule has 0 aromatic heterocycles. The lowest BCUT2D eigenvalue weighted by atomic mass is 9.83. The average Bonchev–Trinajstić information content (AvgIpc) is 2.27. The third-order valence-corrected chi connectivity index (χ3v) is 3.96. The van der Waals surface area contributed by atoms with Crippen molar-refractivity contribution < 1.29 is 13.2 Å². The first-order chi connectivity index (χ1) is 8.15. The van der Waals surface area contributed by atoms with Crippen LogP contribution in [-0.4, -0.2) is 37.3 Å². The van der Waals surface area contributed by atoms with E-state index in [-0.39, 0.29) is 24.3 Å².